The Morgan fingerprint density at radius 2 is 1.23 bits per heavy atom. The van der Waals surface area contributed by atoms with Gasteiger partial charge in [0.25, 0.3) is 0 Å². The Hall–Kier alpha value is -1.63. The maximum Gasteiger partial charge on any atom is 0.306 e. The second-order valence-corrected chi connectivity index (χ2v) is 7.91. The molecule has 0 amide bonds. The van der Waals surface area contributed by atoms with Gasteiger partial charge in [0.05, 0.1) is 6.61 Å². The Kier molecular flexibility index (Phi) is 14.2. The molecular weight excluding hydrogens is 388 g/mol. The minimum Gasteiger partial charge on any atom is -0.463 e. The van der Waals surface area contributed by atoms with Gasteiger partial charge in [-0.2, -0.15) is 0 Å². The van der Waals surface area contributed by atoms with Gasteiger partial charge in [-0.3, -0.25) is 14.4 Å². The van der Waals surface area contributed by atoms with Crippen LogP contribution in [0.4, 0.5) is 0 Å². The first-order valence-electron chi connectivity index (χ1n) is 11.7. The van der Waals surface area contributed by atoms with E-state index in [0.717, 1.165) is 57.8 Å². The first-order valence-corrected chi connectivity index (χ1v) is 11.7. The van der Waals surface area contributed by atoms with Crippen LogP contribution in [0.2, 0.25) is 0 Å². The minimum absolute atomic E-state index is 0.0122. The van der Waals surface area contributed by atoms with Crippen molar-refractivity contribution in [1.82, 2.24) is 0 Å². The molecule has 0 saturated carbocycles. The van der Waals surface area contributed by atoms with Crippen molar-refractivity contribution in [1.29, 1.82) is 0 Å². The molecule has 0 aromatic carbocycles. The van der Waals surface area contributed by atoms with Crippen LogP contribution >= 0.6 is 0 Å². The molecule has 1 heterocycles. The Morgan fingerprint density at radius 1 is 0.733 bits per heavy atom. The number of ether oxygens (including phenoxy) is 4. The summed E-state index contributed by atoms with van der Waals surface area (Å²) in [5.74, 6) is -0.952. The first kappa shape index (κ1) is 26.4. The van der Waals surface area contributed by atoms with E-state index in [0.29, 0.717) is 19.3 Å². The van der Waals surface area contributed by atoms with Crippen molar-refractivity contribution in [2.75, 3.05) is 13.2 Å². The van der Waals surface area contributed by atoms with E-state index in [1.807, 2.05) is 0 Å². The van der Waals surface area contributed by atoms with Crippen molar-refractivity contribution in [2.45, 2.75) is 116 Å². The standard InChI is InChI=1S/C23H40O7/c1-4-7-10-13-20(24)28-16-18-23(30-22(26)15-12-9-6-3)19(17-27-18)29-21(25)14-11-8-5-2/h18-19,23H,4-17H2,1-3H3/t18-,19+,23+/m0/s1. The summed E-state index contributed by atoms with van der Waals surface area (Å²) in [6, 6.07) is 0. The number of hydrogen-bond acceptors (Lipinski definition) is 7. The van der Waals surface area contributed by atoms with Crippen molar-refractivity contribution < 1.29 is 33.3 Å². The molecule has 0 N–H and O–H groups in total. The van der Waals surface area contributed by atoms with Crippen LogP contribution in [0, 0.1) is 0 Å². The van der Waals surface area contributed by atoms with Gasteiger partial charge in [0, 0.05) is 19.3 Å². The average molecular weight is 429 g/mol. The molecule has 1 fully saturated rings. The molecule has 1 aliphatic rings. The van der Waals surface area contributed by atoms with Crippen molar-refractivity contribution in [3.05, 3.63) is 0 Å². The van der Waals surface area contributed by atoms with Gasteiger partial charge in [-0.1, -0.05) is 59.3 Å². The third-order valence-electron chi connectivity index (χ3n) is 5.12. The average Bonchev–Trinajstić information content (AvgIpc) is 3.08. The smallest absolute Gasteiger partial charge is 0.306 e. The maximum atomic E-state index is 12.2. The SMILES string of the molecule is CCCCCC(=O)OC[C@@H]1OC[C@@H](OC(=O)CCCCC)[C@@H]1OC(=O)CCCCC. The van der Waals surface area contributed by atoms with Crippen LogP contribution in [0.5, 0.6) is 0 Å². The molecule has 7 heteroatoms. The number of carbonyl (C=O) groups is 3. The zero-order valence-electron chi connectivity index (χ0n) is 19.0. The third kappa shape index (κ3) is 11.0. The van der Waals surface area contributed by atoms with Crippen LogP contribution < -0.4 is 0 Å². The van der Waals surface area contributed by atoms with Crippen LogP contribution in [0.25, 0.3) is 0 Å². The zero-order chi connectivity index (χ0) is 22.2. The van der Waals surface area contributed by atoms with Crippen LogP contribution in [0.1, 0.15) is 97.8 Å². The van der Waals surface area contributed by atoms with Gasteiger partial charge in [-0.05, 0) is 19.3 Å². The lowest BCUT2D eigenvalue weighted by atomic mass is 10.1. The normalized spacial score (nSPS) is 20.7. The highest BCUT2D eigenvalue weighted by molar-refractivity contribution is 5.71. The molecule has 0 bridgehead atoms. The number of hydrogen-bond donors (Lipinski definition) is 0. The summed E-state index contributed by atoms with van der Waals surface area (Å²) in [5, 5.41) is 0. The van der Waals surface area contributed by atoms with E-state index in [9.17, 15) is 14.4 Å². The summed E-state index contributed by atoms with van der Waals surface area (Å²) in [7, 11) is 0. The van der Waals surface area contributed by atoms with Gasteiger partial charge in [0.15, 0.2) is 12.2 Å². The summed E-state index contributed by atoms with van der Waals surface area (Å²) in [6.07, 6.45) is 7.20. The molecule has 1 saturated heterocycles. The van der Waals surface area contributed by atoms with E-state index in [2.05, 4.69) is 20.8 Å². The molecule has 0 aromatic rings. The lowest BCUT2D eigenvalue weighted by Crippen LogP contribution is -2.40. The van der Waals surface area contributed by atoms with Crippen LogP contribution in [-0.4, -0.2) is 49.4 Å². The van der Waals surface area contributed by atoms with Gasteiger partial charge < -0.3 is 18.9 Å². The lowest BCUT2D eigenvalue weighted by molar-refractivity contribution is -0.168. The molecule has 0 unspecified atom stereocenters. The molecule has 30 heavy (non-hydrogen) atoms. The zero-order valence-corrected chi connectivity index (χ0v) is 19.0. The minimum atomic E-state index is -0.752. The highest BCUT2D eigenvalue weighted by Gasteiger charge is 2.43. The molecule has 174 valence electrons. The van der Waals surface area contributed by atoms with E-state index < -0.39 is 18.3 Å². The number of esters is 3. The Labute approximate surface area is 181 Å². The quantitative estimate of drug-likeness (QED) is 0.203. The van der Waals surface area contributed by atoms with Gasteiger partial charge in [0.1, 0.15) is 12.7 Å². The maximum absolute atomic E-state index is 12.2. The van der Waals surface area contributed by atoms with Gasteiger partial charge in [0.2, 0.25) is 0 Å². The molecule has 0 aromatic heterocycles. The van der Waals surface area contributed by atoms with Gasteiger partial charge in [-0.15, -0.1) is 0 Å². The Bertz CT molecular complexity index is 506. The first-order chi connectivity index (χ1) is 14.5. The van der Waals surface area contributed by atoms with Gasteiger partial charge >= 0.3 is 17.9 Å². The van der Waals surface area contributed by atoms with Crippen LogP contribution in [0.15, 0.2) is 0 Å². The highest BCUT2D eigenvalue weighted by atomic mass is 16.6. The molecule has 1 rings (SSSR count). The topological polar surface area (TPSA) is 88.1 Å². The highest BCUT2D eigenvalue weighted by Crippen LogP contribution is 2.23. The fourth-order valence-electron chi connectivity index (χ4n) is 3.29. The number of unbranched alkanes of at least 4 members (excludes halogenated alkanes) is 6. The largest absolute Gasteiger partial charge is 0.463 e. The van der Waals surface area contributed by atoms with Crippen molar-refractivity contribution in [3.8, 4) is 0 Å². The summed E-state index contributed by atoms with van der Waals surface area (Å²) < 4.78 is 22.1. The number of rotatable bonds is 16. The second-order valence-electron chi connectivity index (χ2n) is 7.91. The van der Waals surface area contributed by atoms with Crippen molar-refractivity contribution in [3.63, 3.8) is 0 Å². The van der Waals surface area contributed by atoms with E-state index in [1.54, 1.807) is 0 Å². The predicted molar refractivity (Wildman–Crippen MR) is 113 cm³/mol. The van der Waals surface area contributed by atoms with E-state index >= 15 is 0 Å². The fraction of sp³-hybridized carbons (Fsp3) is 0.870. The second kappa shape index (κ2) is 16.1. The molecule has 0 spiro atoms. The molecule has 7 nitrogen and oxygen atoms in total. The molecule has 1 aliphatic heterocycles. The molecular formula is C23H40O7. The van der Waals surface area contributed by atoms with Crippen LogP contribution in [-0.2, 0) is 33.3 Å². The summed E-state index contributed by atoms with van der Waals surface area (Å²) in [5.41, 5.74) is 0. The predicted octanol–water partition coefficient (Wildman–Crippen LogP) is 4.49. The third-order valence-corrected chi connectivity index (χ3v) is 5.12. The fourth-order valence-corrected chi connectivity index (χ4v) is 3.29. The van der Waals surface area contributed by atoms with Crippen molar-refractivity contribution >= 4 is 17.9 Å². The molecule has 3 atom stereocenters. The summed E-state index contributed by atoms with van der Waals surface area (Å²) in [4.78, 5) is 36.3. The summed E-state index contributed by atoms with van der Waals surface area (Å²) in [6.45, 7) is 6.32. The van der Waals surface area contributed by atoms with Crippen LogP contribution in [0.3, 0.4) is 0 Å². The lowest BCUT2D eigenvalue weighted by Gasteiger charge is -2.23. The van der Waals surface area contributed by atoms with E-state index in [1.165, 1.54) is 0 Å². The van der Waals surface area contributed by atoms with Gasteiger partial charge in [-0.25, -0.2) is 0 Å². The summed E-state index contributed by atoms with van der Waals surface area (Å²) >= 11 is 0. The monoisotopic (exact) mass is 428 g/mol. The molecule has 0 radical (unpaired) electrons. The number of carbonyl (C=O) groups excluding carboxylic acids is 3. The van der Waals surface area contributed by atoms with Crippen molar-refractivity contribution in [2.24, 2.45) is 0 Å². The Balaban J connectivity index is 2.60. The van der Waals surface area contributed by atoms with E-state index in [4.69, 9.17) is 18.9 Å². The molecule has 0 aliphatic carbocycles. The Morgan fingerprint density at radius 3 is 1.77 bits per heavy atom. The van der Waals surface area contributed by atoms with E-state index in [-0.39, 0.29) is 31.1 Å².